The van der Waals surface area contributed by atoms with Crippen LogP contribution >= 0.6 is 0 Å². The Morgan fingerprint density at radius 2 is 2.07 bits per heavy atom. The molecule has 1 saturated heterocycles. The summed E-state index contributed by atoms with van der Waals surface area (Å²) >= 11 is 0. The van der Waals surface area contributed by atoms with E-state index in [-0.39, 0.29) is 17.9 Å². The van der Waals surface area contributed by atoms with Crippen molar-refractivity contribution in [2.75, 3.05) is 25.0 Å². The summed E-state index contributed by atoms with van der Waals surface area (Å²) in [6.45, 7) is 2.69. The summed E-state index contributed by atoms with van der Waals surface area (Å²) in [6, 6.07) is 10.7. The van der Waals surface area contributed by atoms with E-state index in [1.54, 1.807) is 33.8 Å². The second-order valence-corrected chi connectivity index (χ2v) is 7.17. The van der Waals surface area contributed by atoms with Gasteiger partial charge in [0.15, 0.2) is 0 Å². The number of amides is 3. The van der Waals surface area contributed by atoms with Crippen molar-refractivity contribution in [1.29, 1.82) is 5.26 Å². The third kappa shape index (κ3) is 3.69. The van der Waals surface area contributed by atoms with Crippen molar-refractivity contribution < 1.29 is 9.59 Å². The quantitative estimate of drug-likeness (QED) is 0.837. The van der Waals surface area contributed by atoms with E-state index in [9.17, 15) is 9.59 Å². The van der Waals surface area contributed by atoms with Gasteiger partial charge in [-0.25, -0.2) is 4.79 Å². The molecule has 144 valence electrons. The standard InChI is InChI=1S/C20H22N6O2/c21-13-14-3-1-4-16(11-14)23-20(28)25-9-5-15(6-10-25)17-12-18-19(27)22-7-2-8-26(18)24-17/h1,3-4,11-12,15H,2,5-10H2,(H,22,27)(H,23,28). The third-order valence-corrected chi connectivity index (χ3v) is 5.31. The van der Waals surface area contributed by atoms with E-state index in [1.807, 2.05) is 6.07 Å². The summed E-state index contributed by atoms with van der Waals surface area (Å²) in [4.78, 5) is 26.4. The number of nitrogens with one attached hydrogen (secondary N) is 2. The van der Waals surface area contributed by atoms with E-state index in [0.717, 1.165) is 31.5 Å². The smallest absolute Gasteiger partial charge is 0.321 e. The number of nitriles is 1. The van der Waals surface area contributed by atoms with Crippen molar-refractivity contribution in [3.8, 4) is 6.07 Å². The van der Waals surface area contributed by atoms with Gasteiger partial charge in [0.1, 0.15) is 5.69 Å². The van der Waals surface area contributed by atoms with Crippen LogP contribution in [-0.4, -0.2) is 46.3 Å². The SMILES string of the molecule is N#Cc1cccc(NC(=O)N2CCC(c3cc4n(n3)CCCNC4=O)CC2)c1. The first kappa shape index (κ1) is 18.0. The molecular formula is C20H22N6O2. The Balaban J connectivity index is 1.37. The van der Waals surface area contributed by atoms with Crippen molar-refractivity contribution in [2.45, 2.75) is 31.7 Å². The maximum atomic E-state index is 12.5. The van der Waals surface area contributed by atoms with Crippen LogP contribution in [0, 0.1) is 11.3 Å². The molecule has 0 saturated carbocycles. The van der Waals surface area contributed by atoms with Gasteiger partial charge < -0.3 is 15.5 Å². The van der Waals surface area contributed by atoms with Gasteiger partial charge in [0.05, 0.1) is 17.3 Å². The van der Waals surface area contributed by atoms with Gasteiger partial charge in [0.25, 0.3) is 5.91 Å². The molecule has 3 amide bonds. The molecule has 0 unspecified atom stereocenters. The summed E-state index contributed by atoms with van der Waals surface area (Å²) in [5, 5.41) is 19.4. The molecule has 1 aromatic heterocycles. The van der Waals surface area contributed by atoms with E-state index in [4.69, 9.17) is 5.26 Å². The number of piperidine rings is 1. The maximum absolute atomic E-state index is 12.5. The number of aryl methyl sites for hydroxylation is 1. The van der Waals surface area contributed by atoms with Crippen LogP contribution < -0.4 is 10.6 Å². The molecule has 2 N–H and O–H groups in total. The fraction of sp³-hybridized carbons (Fsp3) is 0.400. The van der Waals surface area contributed by atoms with Crippen LogP contribution in [0.2, 0.25) is 0 Å². The van der Waals surface area contributed by atoms with E-state index in [2.05, 4.69) is 21.8 Å². The van der Waals surface area contributed by atoms with Crippen molar-refractivity contribution >= 4 is 17.6 Å². The Hall–Kier alpha value is -3.34. The highest BCUT2D eigenvalue weighted by Crippen LogP contribution is 2.28. The first-order valence-corrected chi connectivity index (χ1v) is 9.56. The van der Waals surface area contributed by atoms with Crippen LogP contribution in [0.1, 0.15) is 46.9 Å². The predicted octanol–water partition coefficient (Wildman–Crippen LogP) is 2.30. The zero-order chi connectivity index (χ0) is 19.5. The molecule has 4 rings (SSSR count). The highest BCUT2D eigenvalue weighted by Gasteiger charge is 2.27. The number of carbonyl (C=O) groups excluding carboxylic acids is 2. The Morgan fingerprint density at radius 3 is 2.86 bits per heavy atom. The normalized spacial score (nSPS) is 17.2. The number of rotatable bonds is 2. The van der Waals surface area contributed by atoms with Crippen LogP contribution in [0.5, 0.6) is 0 Å². The lowest BCUT2D eigenvalue weighted by molar-refractivity contribution is 0.0950. The molecule has 8 heteroatoms. The van der Waals surface area contributed by atoms with Gasteiger partial charge >= 0.3 is 6.03 Å². The fourth-order valence-electron chi connectivity index (χ4n) is 3.76. The Labute approximate surface area is 163 Å². The zero-order valence-electron chi connectivity index (χ0n) is 15.5. The summed E-state index contributed by atoms with van der Waals surface area (Å²) in [5.74, 6) is 0.186. The number of hydrogen-bond donors (Lipinski definition) is 2. The molecule has 28 heavy (non-hydrogen) atoms. The maximum Gasteiger partial charge on any atom is 0.321 e. The monoisotopic (exact) mass is 378 g/mol. The molecule has 3 heterocycles. The lowest BCUT2D eigenvalue weighted by atomic mass is 9.93. The van der Waals surface area contributed by atoms with Crippen LogP contribution in [0.15, 0.2) is 30.3 Å². The summed E-state index contributed by atoms with van der Waals surface area (Å²) in [7, 11) is 0. The second kappa shape index (κ2) is 7.72. The molecule has 8 nitrogen and oxygen atoms in total. The van der Waals surface area contributed by atoms with Crippen LogP contribution in [0.25, 0.3) is 0 Å². The molecule has 2 aliphatic rings. The van der Waals surface area contributed by atoms with Gasteiger partial charge in [-0.15, -0.1) is 0 Å². The zero-order valence-corrected chi connectivity index (χ0v) is 15.5. The number of benzene rings is 1. The van der Waals surface area contributed by atoms with Crippen molar-refractivity contribution in [1.82, 2.24) is 20.0 Å². The van der Waals surface area contributed by atoms with E-state index >= 15 is 0 Å². The molecule has 0 bridgehead atoms. The highest BCUT2D eigenvalue weighted by atomic mass is 16.2. The van der Waals surface area contributed by atoms with Gasteiger partial charge in [-0.05, 0) is 43.5 Å². The van der Waals surface area contributed by atoms with Crippen LogP contribution in [0.3, 0.4) is 0 Å². The highest BCUT2D eigenvalue weighted by molar-refractivity contribution is 5.93. The van der Waals surface area contributed by atoms with Crippen molar-refractivity contribution in [3.63, 3.8) is 0 Å². The lowest BCUT2D eigenvalue weighted by Gasteiger charge is -2.31. The van der Waals surface area contributed by atoms with Crippen molar-refractivity contribution in [3.05, 3.63) is 47.3 Å². The first-order chi connectivity index (χ1) is 13.6. The Morgan fingerprint density at radius 1 is 1.25 bits per heavy atom. The number of fused-ring (bicyclic) bond motifs is 1. The molecule has 0 spiro atoms. The van der Waals surface area contributed by atoms with Gasteiger partial charge in [-0.2, -0.15) is 10.4 Å². The number of likely N-dealkylation sites (tertiary alicyclic amines) is 1. The minimum Gasteiger partial charge on any atom is -0.351 e. The number of anilines is 1. The summed E-state index contributed by atoms with van der Waals surface area (Å²) < 4.78 is 1.80. The number of nitrogens with zero attached hydrogens (tertiary/aromatic N) is 4. The van der Waals surface area contributed by atoms with Crippen molar-refractivity contribution in [2.24, 2.45) is 0 Å². The summed E-state index contributed by atoms with van der Waals surface area (Å²) in [6.07, 6.45) is 2.50. The molecule has 0 radical (unpaired) electrons. The van der Waals surface area contributed by atoms with Gasteiger partial charge in [0, 0.05) is 37.8 Å². The molecular weight excluding hydrogens is 356 g/mol. The average Bonchev–Trinajstić information content (AvgIpc) is 3.08. The topological polar surface area (TPSA) is 103 Å². The molecule has 0 aliphatic carbocycles. The van der Waals surface area contributed by atoms with Gasteiger partial charge in [-0.1, -0.05) is 6.07 Å². The first-order valence-electron chi connectivity index (χ1n) is 9.56. The molecule has 1 aromatic carbocycles. The van der Waals surface area contributed by atoms with E-state index in [1.165, 1.54) is 0 Å². The number of carbonyl (C=O) groups is 2. The second-order valence-electron chi connectivity index (χ2n) is 7.17. The number of urea groups is 1. The predicted molar refractivity (Wildman–Crippen MR) is 103 cm³/mol. The molecule has 1 fully saturated rings. The van der Waals surface area contributed by atoms with Crippen LogP contribution in [0.4, 0.5) is 10.5 Å². The fourth-order valence-corrected chi connectivity index (χ4v) is 3.76. The van der Waals surface area contributed by atoms with E-state index < -0.39 is 0 Å². The molecule has 0 atom stereocenters. The van der Waals surface area contributed by atoms with Crippen LogP contribution in [-0.2, 0) is 6.54 Å². The molecule has 2 aromatic rings. The lowest BCUT2D eigenvalue weighted by Crippen LogP contribution is -2.40. The van der Waals surface area contributed by atoms with E-state index in [0.29, 0.717) is 36.6 Å². The molecule has 2 aliphatic heterocycles. The minimum absolute atomic E-state index is 0.0623. The minimum atomic E-state index is -0.159. The number of hydrogen-bond acceptors (Lipinski definition) is 4. The van der Waals surface area contributed by atoms with Gasteiger partial charge in [-0.3, -0.25) is 9.48 Å². The Kier molecular flexibility index (Phi) is 4.98. The Bertz CT molecular complexity index is 936. The van der Waals surface area contributed by atoms with Gasteiger partial charge in [0.2, 0.25) is 0 Å². The largest absolute Gasteiger partial charge is 0.351 e. The summed E-state index contributed by atoms with van der Waals surface area (Å²) in [5.41, 5.74) is 2.70. The number of aromatic nitrogens is 2. The average molecular weight is 378 g/mol. The third-order valence-electron chi connectivity index (χ3n) is 5.31.